The lowest BCUT2D eigenvalue weighted by Crippen LogP contribution is -2.06. The Bertz CT molecular complexity index is 46.3. The Labute approximate surface area is 72.8 Å². The Hall–Kier alpha value is 0.412. The Morgan fingerprint density at radius 3 is 1.50 bits per heavy atom. The van der Waals surface area contributed by atoms with Crippen LogP contribution in [0.25, 0.3) is 0 Å². The first-order valence-corrected chi connectivity index (χ1v) is 2.97. The molecule has 3 nitrogen and oxygen atoms in total. The van der Waals surface area contributed by atoms with Crippen LogP contribution < -0.4 is 0 Å². The summed E-state index contributed by atoms with van der Waals surface area (Å²) in [4.78, 5) is 0. The third-order valence-electron chi connectivity index (χ3n) is 0.864. The Morgan fingerprint density at radius 2 is 1.20 bits per heavy atom. The van der Waals surface area contributed by atoms with E-state index in [4.69, 9.17) is 14.2 Å². The minimum Gasteiger partial charge on any atom is -0.382 e. The summed E-state index contributed by atoms with van der Waals surface area (Å²) in [6, 6.07) is 0. The van der Waals surface area contributed by atoms with Gasteiger partial charge in [-0.2, -0.15) is 0 Å². The van der Waals surface area contributed by atoms with Crippen molar-refractivity contribution in [3.05, 3.63) is 0 Å². The molecule has 0 aliphatic heterocycles. The van der Waals surface area contributed by atoms with Crippen molar-refractivity contribution < 1.29 is 14.2 Å². The number of hydrogen-bond acceptors (Lipinski definition) is 3. The molecule has 0 heterocycles. The second-order valence-electron chi connectivity index (χ2n) is 1.60. The quantitative estimate of drug-likeness (QED) is 0.376. The molecule has 10 heavy (non-hydrogen) atoms. The van der Waals surface area contributed by atoms with Gasteiger partial charge >= 0.3 is 0 Å². The largest absolute Gasteiger partial charge is 0.382 e. The molecule has 0 aromatic carbocycles. The number of rotatable bonds is 6. The van der Waals surface area contributed by atoms with E-state index in [1.165, 1.54) is 0 Å². The van der Waals surface area contributed by atoms with Gasteiger partial charge in [0.1, 0.15) is 0 Å². The molecule has 0 aromatic heterocycles. The van der Waals surface area contributed by atoms with Gasteiger partial charge in [-0.25, -0.2) is 0 Å². The summed E-state index contributed by atoms with van der Waals surface area (Å²) in [6.45, 7) is 2.62. The molecule has 0 aliphatic rings. The van der Waals surface area contributed by atoms with Crippen LogP contribution in [0, 0.1) is 0 Å². The van der Waals surface area contributed by atoms with Crippen molar-refractivity contribution in [3.8, 4) is 0 Å². The van der Waals surface area contributed by atoms with Crippen LogP contribution in [-0.2, 0) is 14.2 Å². The van der Waals surface area contributed by atoms with Crippen molar-refractivity contribution in [2.45, 2.75) is 0 Å². The predicted molar refractivity (Wildman–Crippen MR) is 44.5 cm³/mol. The van der Waals surface area contributed by atoms with Crippen LogP contribution in [0.3, 0.4) is 0 Å². The molecule has 0 amide bonds. The molecular formula is C6H17AlO3. The van der Waals surface area contributed by atoms with Gasteiger partial charge < -0.3 is 14.2 Å². The summed E-state index contributed by atoms with van der Waals surface area (Å²) in [7, 11) is 3.30. The van der Waals surface area contributed by atoms with Gasteiger partial charge in [0, 0.05) is 14.2 Å². The third-order valence-corrected chi connectivity index (χ3v) is 0.864. The number of ether oxygens (including phenoxy) is 3. The zero-order valence-corrected chi connectivity index (χ0v) is 6.05. The maximum Gasteiger partial charge on any atom is 0.187 e. The molecule has 0 aliphatic carbocycles. The fraction of sp³-hybridized carbons (Fsp3) is 1.00. The second-order valence-corrected chi connectivity index (χ2v) is 1.60. The van der Waals surface area contributed by atoms with Gasteiger partial charge in [0.05, 0.1) is 26.4 Å². The summed E-state index contributed by atoms with van der Waals surface area (Å²) < 4.78 is 14.6. The highest BCUT2D eigenvalue weighted by atomic mass is 27.0. The van der Waals surface area contributed by atoms with E-state index in [1.807, 2.05) is 0 Å². The summed E-state index contributed by atoms with van der Waals surface area (Å²) >= 11 is 0. The smallest absolute Gasteiger partial charge is 0.187 e. The van der Waals surface area contributed by atoms with Gasteiger partial charge in [0.2, 0.25) is 0 Å². The van der Waals surface area contributed by atoms with Crippen LogP contribution in [0.5, 0.6) is 0 Å². The van der Waals surface area contributed by atoms with Gasteiger partial charge in [-0.05, 0) is 0 Å². The van der Waals surface area contributed by atoms with E-state index in [9.17, 15) is 0 Å². The van der Waals surface area contributed by atoms with Crippen molar-refractivity contribution in [1.29, 1.82) is 0 Å². The first-order chi connectivity index (χ1) is 4.41. The van der Waals surface area contributed by atoms with E-state index in [-0.39, 0.29) is 17.4 Å². The zero-order valence-electron chi connectivity index (χ0n) is 6.05. The van der Waals surface area contributed by atoms with Crippen LogP contribution in [0.1, 0.15) is 0 Å². The summed E-state index contributed by atoms with van der Waals surface area (Å²) in [5, 5.41) is 0. The van der Waals surface area contributed by atoms with Gasteiger partial charge in [-0.15, -0.1) is 0 Å². The number of hydrogen-bond donors (Lipinski definition) is 0. The minimum atomic E-state index is 0. The fourth-order valence-corrected chi connectivity index (χ4v) is 0.387. The average molecular weight is 164 g/mol. The van der Waals surface area contributed by atoms with E-state index in [2.05, 4.69) is 0 Å². The van der Waals surface area contributed by atoms with Crippen molar-refractivity contribution in [1.82, 2.24) is 0 Å². The molecule has 62 valence electrons. The number of methoxy groups -OCH3 is 2. The molecule has 0 aromatic rings. The van der Waals surface area contributed by atoms with Gasteiger partial charge in [-0.1, -0.05) is 0 Å². The fourth-order valence-electron chi connectivity index (χ4n) is 0.387. The van der Waals surface area contributed by atoms with Crippen LogP contribution in [0.15, 0.2) is 0 Å². The van der Waals surface area contributed by atoms with Crippen molar-refractivity contribution >= 4 is 17.4 Å². The minimum absolute atomic E-state index is 0. The lowest BCUT2D eigenvalue weighted by atomic mass is 10.7. The first kappa shape index (κ1) is 13.0. The third kappa shape index (κ3) is 11.2. The van der Waals surface area contributed by atoms with Crippen LogP contribution in [0.4, 0.5) is 0 Å². The van der Waals surface area contributed by atoms with Crippen molar-refractivity contribution in [2.75, 3.05) is 40.6 Å². The van der Waals surface area contributed by atoms with E-state index in [0.717, 1.165) is 0 Å². The van der Waals surface area contributed by atoms with Gasteiger partial charge in [0.15, 0.2) is 17.4 Å². The van der Waals surface area contributed by atoms with Crippen LogP contribution in [0.2, 0.25) is 0 Å². The van der Waals surface area contributed by atoms with Crippen molar-refractivity contribution in [2.24, 2.45) is 0 Å². The summed E-state index contributed by atoms with van der Waals surface area (Å²) in [5.41, 5.74) is 0. The highest BCUT2D eigenvalue weighted by Gasteiger charge is 1.84. The molecule has 0 unspecified atom stereocenters. The zero-order chi connectivity index (χ0) is 6.95. The highest BCUT2D eigenvalue weighted by Crippen LogP contribution is 1.75. The first-order valence-electron chi connectivity index (χ1n) is 2.97. The molecule has 0 fully saturated rings. The second kappa shape index (κ2) is 12.1. The molecule has 0 bridgehead atoms. The van der Waals surface area contributed by atoms with Gasteiger partial charge in [-0.3, -0.25) is 0 Å². The molecule has 0 N–H and O–H groups in total. The van der Waals surface area contributed by atoms with E-state index in [1.54, 1.807) is 14.2 Å². The van der Waals surface area contributed by atoms with Crippen LogP contribution >= 0.6 is 0 Å². The van der Waals surface area contributed by atoms with E-state index < -0.39 is 0 Å². The molecule has 0 spiro atoms. The molecular weight excluding hydrogens is 147 g/mol. The van der Waals surface area contributed by atoms with Crippen molar-refractivity contribution in [3.63, 3.8) is 0 Å². The topological polar surface area (TPSA) is 27.7 Å². The van der Waals surface area contributed by atoms with Gasteiger partial charge in [0.25, 0.3) is 0 Å². The molecule has 0 saturated carbocycles. The molecule has 0 radical (unpaired) electrons. The lowest BCUT2D eigenvalue weighted by Gasteiger charge is -2.00. The molecule has 0 saturated heterocycles. The SMILES string of the molecule is COCCOCCOC.[AlH3]. The maximum absolute atomic E-state index is 5.06. The Balaban J connectivity index is 0. The average Bonchev–Trinajstić information content (AvgIpc) is 1.89. The molecule has 0 rings (SSSR count). The normalized spacial score (nSPS) is 9.00. The summed E-state index contributed by atoms with van der Waals surface area (Å²) in [5.74, 6) is 0. The van der Waals surface area contributed by atoms with E-state index >= 15 is 0 Å². The predicted octanol–water partition coefficient (Wildman–Crippen LogP) is -0.888. The summed E-state index contributed by atoms with van der Waals surface area (Å²) in [6.07, 6.45) is 0. The molecule has 4 heteroatoms. The maximum atomic E-state index is 5.06. The standard InChI is InChI=1S/C6H14O3.Al.3H/c1-7-3-5-9-6-4-8-2;;;;/h3-6H2,1-2H3;;;;. The molecule has 0 atom stereocenters. The monoisotopic (exact) mass is 164 g/mol. The van der Waals surface area contributed by atoms with E-state index in [0.29, 0.717) is 26.4 Å². The Morgan fingerprint density at radius 1 is 0.800 bits per heavy atom. The lowest BCUT2D eigenvalue weighted by molar-refractivity contribution is 0.0385. The Kier molecular flexibility index (Phi) is 15.8. The highest BCUT2D eigenvalue weighted by molar-refractivity contribution is 5.75. The van der Waals surface area contributed by atoms with Crippen LogP contribution in [-0.4, -0.2) is 58.0 Å².